The number of hydrogen-bond donors (Lipinski definition) is 1. The van der Waals surface area contributed by atoms with E-state index in [1.165, 1.54) is 31.4 Å². The number of rotatable bonds is 4. The highest BCUT2D eigenvalue weighted by molar-refractivity contribution is 8.00. The Hall–Kier alpha value is 0.270. The highest BCUT2D eigenvalue weighted by atomic mass is 32.2. The van der Waals surface area contributed by atoms with Gasteiger partial charge in [-0.05, 0) is 30.9 Å². The quantitative estimate of drug-likeness (QED) is 0.751. The van der Waals surface area contributed by atoms with Crippen LogP contribution in [0, 0.1) is 5.92 Å². The largest absolute Gasteiger partial charge is 0.379 e. The van der Waals surface area contributed by atoms with E-state index in [-0.39, 0.29) is 0 Å². The van der Waals surface area contributed by atoms with Crippen molar-refractivity contribution in [2.75, 3.05) is 19.0 Å². The maximum absolute atomic E-state index is 6.01. The van der Waals surface area contributed by atoms with E-state index in [0.717, 1.165) is 24.4 Å². The Morgan fingerprint density at radius 3 is 2.69 bits per heavy atom. The molecule has 1 heterocycles. The summed E-state index contributed by atoms with van der Waals surface area (Å²) in [5.74, 6) is 2.10. The van der Waals surface area contributed by atoms with Crippen LogP contribution >= 0.6 is 11.8 Å². The first-order valence-corrected chi connectivity index (χ1v) is 6.36. The molecule has 0 aromatic heterocycles. The van der Waals surface area contributed by atoms with Crippen LogP contribution in [-0.4, -0.2) is 30.3 Å². The molecule has 0 aromatic carbocycles. The molecular weight excluding hydrogens is 182 g/mol. The van der Waals surface area contributed by atoms with Crippen molar-refractivity contribution in [3.8, 4) is 0 Å². The molecule has 76 valence electrons. The first-order chi connectivity index (χ1) is 6.36. The maximum atomic E-state index is 6.01. The molecule has 2 atom stereocenters. The Labute approximate surface area is 84.6 Å². The second-order valence-corrected chi connectivity index (χ2v) is 5.58. The van der Waals surface area contributed by atoms with Gasteiger partial charge in [0.2, 0.25) is 0 Å². The molecule has 0 spiro atoms. The summed E-state index contributed by atoms with van der Waals surface area (Å²) in [6, 6.07) is 0.498. The van der Waals surface area contributed by atoms with Gasteiger partial charge in [0.15, 0.2) is 0 Å². The van der Waals surface area contributed by atoms with Crippen molar-refractivity contribution in [1.82, 2.24) is 0 Å². The zero-order valence-corrected chi connectivity index (χ0v) is 8.89. The Bertz CT molecular complexity index is 161. The predicted octanol–water partition coefficient (Wildman–Crippen LogP) is 1.64. The molecule has 0 radical (unpaired) electrons. The SMILES string of the molecule is NC1CCCC1CCSC1COC1. The molecular formula is C10H19NOS. The van der Waals surface area contributed by atoms with Gasteiger partial charge in [-0.3, -0.25) is 0 Å². The van der Waals surface area contributed by atoms with Crippen molar-refractivity contribution in [3.63, 3.8) is 0 Å². The Morgan fingerprint density at radius 2 is 2.15 bits per heavy atom. The van der Waals surface area contributed by atoms with Crippen molar-refractivity contribution in [2.24, 2.45) is 11.7 Å². The Kier molecular flexibility index (Phi) is 3.52. The molecule has 3 heteroatoms. The van der Waals surface area contributed by atoms with E-state index in [0.29, 0.717) is 6.04 Å². The lowest BCUT2D eigenvalue weighted by atomic mass is 10.0. The van der Waals surface area contributed by atoms with Gasteiger partial charge in [-0.25, -0.2) is 0 Å². The van der Waals surface area contributed by atoms with Crippen LogP contribution in [0.3, 0.4) is 0 Å². The summed E-state index contributed by atoms with van der Waals surface area (Å²) in [5.41, 5.74) is 6.01. The van der Waals surface area contributed by atoms with Crippen molar-refractivity contribution in [3.05, 3.63) is 0 Å². The van der Waals surface area contributed by atoms with Crippen LogP contribution in [0.25, 0.3) is 0 Å². The monoisotopic (exact) mass is 201 g/mol. The fraction of sp³-hybridized carbons (Fsp3) is 1.00. The van der Waals surface area contributed by atoms with Crippen LogP contribution in [0.5, 0.6) is 0 Å². The normalized spacial score (nSPS) is 34.8. The van der Waals surface area contributed by atoms with E-state index in [1.54, 1.807) is 0 Å². The maximum Gasteiger partial charge on any atom is 0.0607 e. The summed E-state index contributed by atoms with van der Waals surface area (Å²) in [6.07, 6.45) is 5.29. The third-order valence-corrected chi connectivity index (χ3v) is 4.38. The van der Waals surface area contributed by atoms with E-state index < -0.39 is 0 Å². The summed E-state index contributed by atoms with van der Waals surface area (Å²) in [6.45, 7) is 1.95. The highest BCUT2D eigenvalue weighted by Gasteiger charge is 2.24. The Morgan fingerprint density at radius 1 is 1.31 bits per heavy atom. The molecule has 1 saturated heterocycles. The smallest absolute Gasteiger partial charge is 0.0607 e. The lowest BCUT2D eigenvalue weighted by Gasteiger charge is -2.26. The minimum atomic E-state index is 0.498. The first-order valence-electron chi connectivity index (χ1n) is 5.31. The molecule has 13 heavy (non-hydrogen) atoms. The minimum absolute atomic E-state index is 0.498. The lowest BCUT2D eigenvalue weighted by Crippen LogP contribution is -2.31. The molecule has 2 nitrogen and oxygen atoms in total. The van der Waals surface area contributed by atoms with Gasteiger partial charge in [-0.2, -0.15) is 11.8 Å². The van der Waals surface area contributed by atoms with Crippen LogP contribution < -0.4 is 5.73 Å². The molecule has 2 unspecified atom stereocenters. The van der Waals surface area contributed by atoms with E-state index in [4.69, 9.17) is 10.5 Å². The molecule has 0 bridgehead atoms. The number of ether oxygens (including phenoxy) is 1. The second-order valence-electron chi connectivity index (χ2n) is 4.17. The van der Waals surface area contributed by atoms with Gasteiger partial charge < -0.3 is 10.5 Å². The van der Waals surface area contributed by atoms with Gasteiger partial charge in [-0.15, -0.1) is 0 Å². The number of thioether (sulfide) groups is 1. The summed E-state index contributed by atoms with van der Waals surface area (Å²) < 4.78 is 5.13. The average molecular weight is 201 g/mol. The van der Waals surface area contributed by atoms with Gasteiger partial charge in [-0.1, -0.05) is 6.42 Å². The number of nitrogens with two attached hydrogens (primary N) is 1. The van der Waals surface area contributed by atoms with Crippen molar-refractivity contribution < 1.29 is 4.74 Å². The highest BCUT2D eigenvalue weighted by Crippen LogP contribution is 2.29. The third-order valence-electron chi connectivity index (χ3n) is 3.17. The van der Waals surface area contributed by atoms with Gasteiger partial charge in [0.25, 0.3) is 0 Å². The molecule has 2 rings (SSSR count). The van der Waals surface area contributed by atoms with Crippen molar-refractivity contribution >= 4 is 11.8 Å². The van der Waals surface area contributed by atoms with Crippen LogP contribution in [0.4, 0.5) is 0 Å². The van der Waals surface area contributed by atoms with Gasteiger partial charge in [0, 0.05) is 6.04 Å². The van der Waals surface area contributed by atoms with Crippen molar-refractivity contribution in [2.45, 2.75) is 37.0 Å². The molecule has 1 aliphatic carbocycles. The van der Waals surface area contributed by atoms with Crippen molar-refractivity contribution in [1.29, 1.82) is 0 Å². The minimum Gasteiger partial charge on any atom is -0.379 e. The fourth-order valence-electron chi connectivity index (χ4n) is 2.12. The standard InChI is InChI=1S/C10H19NOS/c11-10-3-1-2-8(10)4-5-13-9-6-12-7-9/h8-10H,1-7,11H2. The summed E-state index contributed by atoms with van der Waals surface area (Å²) in [7, 11) is 0. The van der Waals surface area contributed by atoms with Crippen LogP contribution in [0.15, 0.2) is 0 Å². The van der Waals surface area contributed by atoms with Gasteiger partial charge in [0.1, 0.15) is 0 Å². The average Bonchev–Trinajstić information content (AvgIpc) is 2.42. The predicted molar refractivity (Wildman–Crippen MR) is 57.0 cm³/mol. The first kappa shape index (κ1) is 9.81. The van der Waals surface area contributed by atoms with Crippen LogP contribution in [-0.2, 0) is 4.74 Å². The van der Waals surface area contributed by atoms with Gasteiger partial charge in [0.05, 0.1) is 18.5 Å². The van der Waals surface area contributed by atoms with Crippen LogP contribution in [0.2, 0.25) is 0 Å². The second kappa shape index (κ2) is 4.67. The zero-order chi connectivity index (χ0) is 9.10. The molecule has 1 saturated carbocycles. The summed E-state index contributed by atoms with van der Waals surface area (Å²) in [4.78, 5) is 0. The van der Waals surface area contributed by atoms with E-state index >= 15 is 0 Å². The molecule has 2 aliphatic rings. The molecule has 2 N–H and O–H groups in total. The molecule has 2 fully saturated rings. The lowest BCUT2D eigenvalue weighted by molar-refractivity contribution is 0.0455. The number of hydrogen-bond acceptors (Lipinski definition) is 3. The third kappa shape index (κ3) is 2.61. The fourth-order valence-corrected chi connectivity index (χ4v) is 3.28. The van der Waals surface area contributed by atoms with E-state index in [1.807, 2.05) is 0 Å². The molecule has 0 amide bonds. The summed E-state index contributed by atoms with van der Waals surface area (Å²) >= 11 is 2.07. The topological polar surface area (TPSA) is 35.2 Å². The van der Waals surface area contributed by atoms with Gasteiger partial charge >= 0.3 is 0 Å². The summed E-state index contributed by atoms with van der Waals surface area (Å²) in [5, 5.41) is 0.789. The Balaban J connectivity index is 1.56. The van der Waals surface area contributed by atoms with E-state index in [9.17, 15) is 0 Å². The molecule has 0 aromatic rings. The van der Waals surface area contributed by atoms with E-state index in [2.05, 4.69) is 11.8 Å². The van der Waals surface area contributed by atoms with Crippen LogP contribution in [0.1, 0.15) is 25.7 Å². The molecule has 1 aliphatic heterocycles. The zero-order valence-electron chi connectivity index (χ0n) is 8.08.